The van der Waals surface area contributed by atoms with Crippen molar-refractivity contribution in [1.29, 1.82) is 5.26 Å². The van der Waals surface area contributed by atoms with Crippen LogP contribution in [0.25, 0.3) is 0 Å². The summed E-state index contributed by atoms with van der Waals surface area (Å²) in [4.78, 5) is 0. The van der Waals surface area contributed by atoms with Crippen LogP contribution >= 0.6 is 15.9 Å². The summed E-state index contributed by atoms with van der Waals surface area (Å²) in [5, 5.41) is 12.2. The van der Waals surface area contributed by atoms with Crippen molar-refractivity contribution in [2.75, 3.05) is 19.7 Å². The maximum atomic E-state index is 8.85. The van der Waals surface area contributed by atoms with E-state index in [1.807, 2.05) is 0 Å². The Bertz CT molecular complexity index is 497. The molecule has 1 unspecified atom stereocenters. The average Bonchev–Trinajstić information content (AvgIpc) is 2.35. The lowest BCUT2D eigenvalue weighted by atomic mass is 10.1. The Morgan fingerprint density at radius 3 is 3.00 bits per heavy atom. The van der Waals surface area contributed by atoms with Crippen molar-refractivity contribution < 1.29 is 9.47 Å². The number of rotatable bonds is 3. The Morgan fingerprint density at radius 1 is 1.58 bits per heavy atom. The summed E-state index contributed by atoms with van der Waals surface area (Å²) >= 11 is 3.35. The molecule has 1 heterocycles. The first-order chi connectivity index (χ1) is 9.00. The lowest BCUT2D eigenvalue weighted by Gasteiger charge is -2.36. The van der Waals surface area contributed by atoms with E-state index in [2.05, 4.69) is 41.2 Å². The lowest BCUT2D eigenvalue weighted by Crippen LogP contribution is -2.52. The molecular formula is C14H17BrN2O2. The number of morpholine rings is 1. The summed E-state index contributed by atoms with van der Waals surface area (Å²) in [6.45, 7) is 6.26. The molecule has 1 saturated heterocycles. The van der Waals surface area contributed by atoms with Crippen LogP contribution in [0.15, 0.2) is 22.7 Å². The Morgan fingerprint density at radius 2 is 2.37 bits per heavy atom. The fourth-order valence-corrected chi connectivity index (χ4v) is 2.47. The van der Waals surface area contributed by atoms with Crippen LogP contribution in [0.4, 0.5) is 0 Å². The molecule has 0 aromatic heterocycles. The molecule has 1 atom stereocenters. The van der Waals surface area contributed by atoms with Crippen LogP contribution in [-0.2, 0) is 4.74 Å². The minimum atomic E-state index is -0.155. The summed E-state index contributed by atoms with van der Waals surface area (Å²) in [6.07, 6.45) is 0.0400. The summed E-state index contributed by atoms with van der Waals surface area (Å²) < 4.78 is 12.4. The van der Waals surface area contributed by atoms with E-state index in [4.69, 9.17) is 14.7 Å². The minimum absolute atomic E-state index is 0.0400. The van der Waals surface area contributed by atoms with Gasteiger partial charge in [-0.05, 0) is 48.0 Å². The second-order valence-corrected chi connectivity index (χ2v) is 6.05. The zero-order valence-electron chi connectivity index (χ0n) is 11.1. The van der Waals surface area contributed by atoms with E-state index in [1.165, 1.54) is 0 Å². The van der Waals surface area contributed by atoms with Crippen molar-refractivity contribution in [3.05, 3.63) is 28.2 Å². The first-order valence-electron chi connectivity index (χ1n) is 6.21. The molecule has 0 spiro atoms. The van der Waals surface area contributed by atoms with Gasteiger partial charge in [0.2, 0.25) is 0 Å². The molecule has 0 bridgehead atoms. The van der Waals surface area contributed by atoms with Crippen molar-refractivity contribution >= 4 is 15.9 Å². The van der Waals surface area contributed by atoms with Crippen LogP contribution in [0.2, 0.25) is 0 Å². The molecular weight excluding hydrogens is 308 g/mol. The third-order valence-corrected chi connectivity index (χ3v) is 3.56. The normalized spacial score (nSPS) is 21.7. The van der Waals surface area contributed by atoms with Crippen molar-refractivity contribution in [2.45, 2.75) is 25.6 Å². The standard InChI is InChI=1S/C14H17BrN2O2/c1-14(2)9-17-7-12(19-14)8-18-11-4-3-10(6-16)13(15)5-11/h3-5,12,17H,7-9H2,1-2H3. The summed E-state index contributed by atoms with van der Waals surface area (Å²) in [5.74, 6) is 0.734. The highest BCUT2D eigenvalue weighted by Crippen LogP contribution is 2.23. The van der Waals surface area contributed by atoms with E-state index >= 15 is 0 Å². The molecule has 1 aliphatic heterocycles. The van der Waals surface area contributed by atoms with Crippen LogP contribution < -0.4 is 10.1 Å². The first kappa shape index (κ1) is 14.3. The minimum Gasteiger partial charge on any atom is -0.491 e. The van der Waals surface area contributed by atoms with Gasteiger partial charge >= 0.3 is 0 Å². The number of hydrogen-bond donors (Lipinski definition) is 1. The molecule has 102 valence electrons. The van der Waals surface area contributed by atoms with E-state index in [-0.39, 0.29) is 11.7 Å². The molecule has 1 N–H and O–H groups in total. The Hall–Kier alpha value is -1.09. The molecule has 1 aromatic carbocycles. The number of nitrogens with one attached hydrogen (secondary N) is 1. The largest absolute Gasteiger partial charge is 0.491 e. The maximum absolute atomic E-state index is 8.85. The smallest absolute Gasteiger partial charge is 0.120 e. The summed E-state index contributed by atoms with van der Waals surface area (Å²) in [6, 6.07) is 7.44. The van der Waals surface area contributed by atoms with Crippen molar-refractivity contribution in [1.82, 2.24) is 5.32 Å². The maximum Gasteiger partial charge on any atom is 0.120 e. The van der Waals surface area contributed by atoms with Gasteiger partial charge in [0.25, 0.3) is 0 Å². The van der Waals surface area contributed by atoms with E-state index in [9.17, 15) is 0 Å². The van der Waals surface area contributed by atoms with Gasteiger partial charge in [0.05, 0.1) is 11.2 Å². The Balaban J connectivity index is 1.92. The number of hydrogen-bond acceptors (Lipinski definition) is 4. The van der Waals surface area contributed by atoms with Crippen LogP contribution in [-0.4, -0.2) is 31.4 Å². The zero-order valence-corrected chi connectivity index (χ0v) is 12.7. The van der Waals surface area contributed by atoms with Gasteiger partial charge in [-0.1, -0.05) is 0 Å². The molecule has 0 aliphatic carbocycles. The topological polar surface area (TPSA) is 54.3 Å². The highest BCUT2D eigenvalue weighted by molar-refractivity contribution is 9.10. The van der Waals surface area contributed by atoms with Crippen molar-refractivity contribution in [3.63, 3.8) is 0 Å². The van der Waals surface area contributed by atoms with Gasteiger partial charge in [0.15, 0.2) is 0 Å². The predicted molar refractivity (Wildman–Crippen MR) is 76.2 cm³/mol. The van der Waals surface area contributed by atoms with E-state index in [0.717, 1.165) is 23.3 Å². The molecule has 0 radical (unpaired) electrons. The van der Waals surface area contributed by atoms with Gasteiger partial charge in [-0.2, -0.15) is 5.26 Å². The molecule has 4 nitrogen and oxygen atoms in total. The summed E-state index contributed by atoms with van der Waals surface area (Å²) in [5.41, 5.74) is 0.446. The average molecular weight is 325 g/mol. The number of nitrogens with zero attached hydrogens (tertiary/aromatic N) is 1. The summed E-state index contributed by atoms with van der Waals surface area (Å²) in [7, 11) is 0. The zero-order chi connectivity index (χ0) is 13.9. The van der Waals surface area contributed by atoms with Gasteiger partial charge in [0.1, 0.15) is 24.5 Å². The molecule has 2 rings (SSSR count). The molecule has 5 heteroatoms. The van der Waals surface area contributed by atoms with Gasteiger partial charge < -0.3 is 14.8 Å². The number of nitriles is 1. The first-order valence-corrected chi connectivity index (χ1v) is 7.00. The van der Waals surface area contributed by atoms with Crippen LogP contribution in [0.1, 0.15) is 19.4 Å². The van der Waals surface area contributed by atoms with E-state index < -0.39 is 0 Å². The van der Waals surface area contributed by atoms with E-state index in [1.54, 1.807) is 18.2 Å². The molecule has 1 aromatic rings. The third kappa shape index (κ3) is 3.93. The third-order valence-electron chi connectivity index (χ3n) is 2.91. The van der Waals surface area contributed by atoms with Crippen molar-refractivity contribution in [3.8, 4) is 11.8 Å². The van der Waals surface area contributed by atoms with Crippen LogP contribution in [0.5, 0.6) is 5.75 Å². The highest BCUT2D eigenvalue weighted by atomic mass is 79.9. The molecule has 0 saturated carbocycles. The molecule has 19 heavy (non-hydrogen) atoms. The second-order valence-electron chi connectivity index (χ2n) is 5.19. The monoisotopic (exact) mass is 324 g/mol. The fourth-order valence-electron chi connectivity index (χ4n) is 2.03. The van der Waals surface area contributed by atoms with Gasteiger partial charge in [-0.3, -0.25) is 0 Å². The van der Waals surface area contributed by atoms with Crippen LogP contribution in [0.3, 0.4) is 0 Å². The highest BCUT2D eigenvalue weighted by Gasteiger charge is 2.28. The van der Waals surface area contributed by atoms with Gasteiger partial charge in [-0.15, -0.1) is 0 Å². The Kier molecular flexibility index (Phi) is 4.46. The molecule has 1 aliphatic rings. The Labute approximate surface area is 121 Å². The SMILES string of the molecule is CC1(C)CNCC(COc2ccc(C#N)c(Br)c2)O1. The second kappa shape index (κ2) is 5.91. The van der Waals surface area contributed by atoms with Crippen LogP contribution in [0, 0.1) is 11.3 Å². The predicted octanol–water partition coefficient (Wildman–Crippen LogP) is 2.47. The molecule has 1 fully saturated rings. The lowest BCUT2D eigenvalue weighted by molar-refractivity contribution is -0.107. The number of ether oxygens (including phenoxy) is 2. The number of benzene rings is 1. The molecule has 0 amide bonds. The fraction of sp³-hybridized carbons (Fsp3) is 0.500. The van der Waals surface area contributed by atoms with Gasteiger partial charge in [0, 0.05) is 17.6 Å². The van der Waals surface area contributed by atoms with Crippen molar-refractivity contribution in [2.24, 2.45) is 0 Å². The van der Waals surface area contributed by atoms with Gasteiger partial charge in [-0.25, -0.2) is 0 Å². The van der Waals surface area contributed by atoms with E-state index in [0.29, 0.717) is 12.2 Å². The quantitative estimate of drug-likeness (QED) is 0.928. The number of halogens is 1.